The maximum absolute atomic E-state index is 14.2. The van der Waals surface area contributed by atoms with Crippen LogP contribution in [0.4, 0.5) is 8.78 Å². The van der Waals surface area contributed by atoms with Gasteiger partial charge in [-0.1, -0.05) is 26.8 Å². The molecule has 4 unspecified atom stereocenters. The van der Waals surface area contributed by atoms with Gasteiger partial charge in [0.2, 0.25) is 0 Å². The lowest BCUT2D eigenvalue weighted by molar-refractivity contribution is 0.464. The first-order valence-electron chi connectivity index (χ1n) is 7.49. The van der Waals surface area contributed by atoms with Crippen molar-refractivity contribution in [2.24, 2.45) is 0 Å². The van der Waals surface area contributed by atoms with Gasteiger partial charge >= 0.3 is 0 Å². The van der Waals surface area contributed by atoms with Crippen LogP contribution in [0.1, 0.15) is 38.8 Å². The first-order chi connectivity index (χ1) is 10.0. The second-order valence-electron chi connectivity index (χ2n) is 5.49. The Hall–Kier alpha value is -0.260. The summed E-state index contributed by atoms with van der Waals surface area (Å²) in [5.41, 5.74) is 0.200. The third kappa shape index (κ3) is 4.14. The topological polar surface area (TPSA) is 12.0 Å². The molecule has 0 saturated carbocycles. The Balaban J connectivity index is 2.26. The van der Waals surface area contributed by atoms with Gasteiger partial charge in [-0.15, -0.1) is 0 Å². The molecule has 5 heteroatoms. The highest BCUT2D eigenvalue weighted by atomic mass is 32.2. The lowest BCUT2D eigenvalue weighted by Gasteiger charge is -2.36. The molecule has 1 saturated heterocycles. The minimum Gasteiger partial charge on any atom is -0.309 e. The summed E-state index contributed by atoms with van der Waals surface area (Å²) in [5, 5.41) is 4.63. The van der Waals surface area contributed by atoms with Crippen molar-refractivity contribution in [3.63, 3.8) is 0 Å². The van der Waals surface area contributed by atoms with E-state index in [-0.39, 0.29) is 16.9 Å². The van der Waals surface area contributed by atoms with E-state index in [1.807, 2.05) is 23.5 Å². The molecule has 0 bridgehead atoms. The smallest absolute Gasteiger partial charge is 0.130 e. The Labute approximate surface area is 134 Å². The molecule has 0 aliphatic carbocycles. The Bertz CT molecular complexity index is 449. The van der Waals surface area contributed by atoms with Gasteiger partial charge in [0.15, 0.2) is 0 Å². The Morgan fingerprint density at radius 1 is 1.24 bits per heavy atom. The van der Waals surface area contributed by atoms with Crippen molar-refractivity contribution in [3.05, 3.63) is 35.4 Å². The molecule has 1 N–H and O–H groups in total. The molecule has 0 aromatic heterocycles. The second kappa shape index (κ2) is 7.84. The first kappa shape index (κ1) is 17.1. The molecule has 2 rings (SSSR count). The third-order valence-corrected chi connectivity index (χ3v) is 7.37. The maximum Gasteiger partial charge on any atom is 0.130 e. The van der Waals surface area contributed by atoms with E-state index in [1.165, 1.54) is 18.2 Å². The summed E-state index contributed by atoms with van der Waals surface area (Å²) in [6.07, 6.45) is 0.947. The zero-order valence-corrected chi connectivity index (χ0v) is 14.4. The molecule has 1 aromatic carbocycles. The van der Waals surface area contributed by atoms with Crippen LogP contribution in [0, 0.1) is 11.6 Å². The van der Waals surface area contributed by atoms with Gasteiger partial charge in [-0.25, -0.2) is 8.78 Å². The van der Waals surface area contributed by atoms with Crippen LogP contribution in [0.15, 0.2) is 18.2 Å². The van der Waals surface area contributed by atoms with Crippen molar-refractivity contribution >= 4 is 23.5 Å². The lowest BCUT2D eigenvalue weighted by Crippen LogP contribution is -2.38. The van der Waals surface area contributed by atoms with Crippen molar-refractivity contribution in [2.75, 3.05) is 12.3 Å². The number of thioether (sulfide) groups is 2. The van der Waals surface area contributed by atoms with Crippen LogP contribution in [0.3, 0.4) is 0 Å². The number of rotatable bonds is 5. The molecular weight excluding hydrogens is 308 g/mol. The van der Waals surface area contributed by atoms with Gasteiger partial charge in [-0.3, -0.25) is 0 Å². The molecule has 1 fully saturated rings. The van der Waals surface area contributed by atoms with Gasteiger partial charge in [-0.2, -0.15) is 23.5 Å². The van der Waals surface area contributed by atoms with Gasteiger partial charge in [0.05, 0.1) is 6.04 Å². The minimum absolute atomic E-state index is 0.194. The van der Waals surface area contributed by atoms with E-state index in [2.05, 4.69) is 26.1 Å². The summed E-state index contributed by atoms with van der Waals surface area (Å²) < 4.78 is 28.3. The number of hydrogen-bond acceptors (Lipinski definition) is 3. The highest BCUT2D eigenvalue weighted by molar-refractivity contribution is 8.07. The molecule has 21 heavy (non-hydrogen) atoms. The second-order valence-corrected chi connectivity index (χ2v) is 8.52. The monoisotopic (exact) mass is 331 g/mol. The van der Waals surface area contributed by atoms with Crippen LogP contribution in [0.2, 0.25) is 0 Å². The summed E-state index contributed by atoms with van der Waals surface area (Å²) >= 11 is 3.75. The molecular formula is C16H23F2NS2. The minimum atomic E-state index is -0.444. The molecule has 1 aliphatic rings. The molecule has 118 valence electrons. The van der Waals surface area contributed by atoms with E-state index in [9.17, 15) is 8.78 Å². The number of halogens is 2. The van der Waals surface area contributed by atoms with Crippen molar-refractivity contribution in [1.82, 2.24) is 5.32 Å². The number of nitrogens with one attached hydrogen (secondary N) is 1. The fourth-order valence-corrected chi connectivity index (χ4v) is 5.61. The maximum atomic E-state index is 14.2. The normalized spacial score (nSPS) is 27.6. The highest BCUT2D eigenvalue weighted by Crippen LogP contribution is 2.41. The largest absolute Gasteiger partial charge is 0.309 e. The van der Waals surface area contributed by atoms with Crippen LogP contribution < -0.4 is 5.32 Å². The van der Waals surface area contributed by atoms with E-state index in [1.54, 1.807) is 0 Å². The summed E-state index contributed by atoms with van der Waals surface area (Å²) in [4.78, 5) is 0. The number of hydrogen-bond donors (Lipinski definition) is 1. The average Bonchev–Trinajstić information content (AvgIpc) is 2.45. The van der Waals surface area contributed by atoms with Crippen LogP contribution >= 0.6 is 23.5 Å². The Morgan fingerprint density at radius 3 is 2.48 bits per heavy atom. The lowest BCUT2D eigenvalue weighted by atomic mass is 10.0. The Morgan fingerprint density at radius 2 is 1.90 bits per heavy atom. The Kier molecular flexibility index (Phi) is 6.38. The van der Waals surface area contributed by atoms with E-state index in [0.717, 1.165) is 18.7 Å². The molecule has 1 aromatic rings. The van der Waals surface area contributed by atoms with Crippen LogP contribution in [-0.4, -0.2) is 28.0 Å². The van der Waals surface area contributed by atoms with Gasteiger partial charge in [0.1, 0.15) is 11.6 Å². The molecule has 1 heterocycles. The van der Waals surface area contributed by atoms with E-state index < -0.39 is 11.6 Å². The number of benzene rings is 1. The fourth-order valence-electron chi connectivity index (χ4n) is 2.51. The molecule has 0 spiro atoms. The molecule has 0 radical (unpaired) electrons. The van der Waals surface area contributed by atoms with E-state index in [4.69, 9.17) is 0 Å². The van der Waals surface area contributed by atoms with Gasteiger partial charge in [-0.05, 0) is 25.1 Å². The standard InChI is InChI=1S/C16H23F2NS2/c1-4-8-19-16(14-9-20-10(2)11(3)21-14)15-12(17)6-5-7-13(15)18/h5-7,10-11,14,16,19H,4,8-9H2,1-3H3. The molecule has 0 amide bonds. The van der Waals surface area contributed by atoms with Crippen LogP contribution in [0.25, 0.3) is 0 Å². The molecule has 4 atom stereocenters. The van der Waals surface area contributed by atoms with Gasteiger partial charge < -0.3 is 5.32 Å². The summed E-state index contributed by atoms with van der Waals surface area (Å²) in [7, 11) is 0. The van der Waals surface area contributed by atoms with Crippen molar-refractivity contribution in [1.29, 1.82) is 0 Å². The summed E-state index contributed by atoms with van der Waals surface area (Å²) in [5.74, 6) is 0.0339. The van der Waals surface area contributed by atoms with Crippen LogP contribution in [-0.2, 0) is 0 Å². The summed E-state index contributed by atoms with van der Waals surface area (Å²) in [6, 6.07) is 3.87. The SMILES string of the molecule is CCCNC(c1c(F)cccc1F)C1CSC(C)C(C)S1. The van der Waals surface area contributed by atoms with Crippen molar-refractivity contribution in [2.45, 2.75) is 49.0 Å². The van der Waals surface area contributed by atoms with E-state index in [0.29, 0.717) is 10.5 Å². The zero-order valence-electron chi connectivity index (χ0n) is 12.7. The quantitative estimate of drug-likeness (QED) is 0.845. The molecule has 1 aliphatic heterocycles. The zero-order chi connectivity index (χ0) is 15.4. The van der Waals surface area contributed by atoms with Crippen molar-refractivity contribution in [3.8, 4) is 0 Å². The molecule has 1 nitrogen and oxygen atoms in total. The van der Waals surface area contributed by atoms with Crippen LogP contribution in [0.5, 0.6) is 0 Å². The summed E-state index contributed by atoms with van der Waals surface area (Å²) in [6.45, 7) is 7.25. The van der Waals surface area contributed by atoms with Gasteiger partial charge in [0, 0.05) is 27.1 Å². The van der Waals surface area contributed by atoms with Crippen molar-refractivity contribution < 1.29 is 8.78 Å². The fraction of sp³-hybridized carbons (Fsp3) is 0.625. The average molecular weight is 331 g/mol. The highest BCUT2D eigenvalue weighted by Gasteiger charge is 2.34. The van der Waals surface area contributed by atoms with E-state index >= 15 is 0 Å². The first-order valence-corrected chi connectivity index (χ1v) is 9.48. The predicted molar refractivity (Wildman–Crippen MR) is 90.2 cm³/mol. The van der Waals surface area contributed by atoms with Gasteiger partial charge in [0.25, 0.3) is 0 Å². The third-order valence-electron chi connectivity index (χ3n) is 3.87. The predicted octanol–water partition coefficient (Wildman–Crippen LogP) is 4.63.